The largest absolute Gasteiger partial charge is 0.756 e. The highest BCUT2D eigenvalue weighted by Gasteiger charge is 2.22. The van der Waals surface area contributed by atoms with Crippen molar-refractivity contribution in [3.63, 3.8) is 0 Å². The third-order valence-corrected chi connectivity index (χ3v) is 15.5. The van der Waals surface area contributed by atoms with Gasteiger partial charge in [0.2, 0.25) is 0 Å². The van der Waals surface area contributed by atoms with Gasteiger partial charge in [0.1, 0.15) is 19.8 Å². The van der Waals surface area contributed by atoms with Crippen LogP contribution in [0.1, 0.15) is 271 Å². The van der Waals surface area contributed by atoms with Crippen LogP contribution in [0, 0.1) is 0 Å². The van der Waals surface area contributed by atoms with Crippen LogP contribution >= 0.6 is 7.82 Å². The topological polar surface area (TPSA) is 111 Å². The van der Waals surface area contributed by atoms with Crippen LogP contribution in [-0.2, 0) is 32.7 Å². The lowest BCUT2D eigenvalue weighted by atomic mass is 10.0. The number of carbonyl (C=O) groups is 2. The van der Waals surface area contributed by atoms with Crippen molar-refractivity contribution in [1.29, 1.82) is 0 Å². The van der Waals surface area contributed by atoms with E-state index in [9.17, 15) is 19.0 Å². The number of phosphoric acid groups is 1. The number of allylic oxidation sites excluding steroid dienone is 26. The van der Waals surface area contributed by atoms with Crippen LogP contribution in [0.2, 0.25) is 0 Å². The standard InChI is InChI=1S/C78H130NO8P/c1-6-8-10-12-14-16-18-20-22-24-26-28-30-32-34-36-38-39-41-43-45-47-49-51-53-55-57-59-61-63-65-67-69-71-78(81)87-76(75-86-88(82,83)85-73-72-79(3,4)5)74-84-77(80)70-68-66-64-62-60-58-56-54-52-50-48-46-44-42-40-37-35-33-31-29-27-25-23-21-19-17-15-13-11-9-7-2/h8-11,14-17,20-23,26-29,32-35,38-39,43,45,49,51,76H,6-7,12-13,18-19,24-25,30-31,36-37,40-42,44,46-48,50,52-75H2,1-5H3/b10-8-,11-9-,16-14-,17-15-,22-20-,23-21-,28-26-,29-27-,34-32-,35-33-,39-38-,45-43-,51-49-. The van der Waals surface area contributed by atoms with Crippen LogP contribution in [0.4, 0.5) is 0 Å². The molecule has 88 heavy (non-hydrogen) atoms. The van der Waals surface area contributed by atoms with Crippen LogP contribution in [-0.4, -0.2) is 70.0 Å². The fraction of sp³-hybridized carbons (Fsp3) is 0.641. The summed E-state index contributed by atoms with van der Waals surface area (Å²) in [5.41, 5.74) is 0. The fourth-order valence-electron chi connectivity index (χ4n) is 9.23. The zero-order valence-electron chi connectivity index (χ0n) is 56.9. The second-order valence-electron chi connectivity index (χ2n) is 24.1. The molecule has 0 aromatic heterocycles. The predicted molar refractivity (Wildman–Crippen MR) is 378 cm³/mol. The number of nitrogens with zero attached hydrogens (tertiary/aromatic N) is 1. The Balaban J connectivity index is 4.12. The second-order valence-corrected chi connectivity index (χ2v) is 25.5. The van der Waals surface area contributed by atoms with E-state index in [1.54, 1.807) is 0 Å². The highest BCUT2D eigenvalue weighted by Crippen LogP contribution is 2.38. The van der Waals surface area contributed by atoms with E-state index >= 15 is 0 Å². The van der Waals surface area contributed by atoms with Crippen LogP contribution in [0.25, 0.3) is 0 Å². The number of phosphoric ester groups is 1. The summed E-state index contributed by atoms with van der Waals surface area (Å²) in [6.07, 6.45) is 100. The molecule has 0 bridgehead atoms. The van der Waals surface area contributed by atoms with Gasteiger partial charge in [0.05, 0.1) is 27.7 Å². The fourth-order valence-corrected chi connectivity index (χ4v) is 9.96. The maximum Gasteiger partial charge on any atom is 0.306 e. The van der Waals surface area contributed by atoms with Gasteiger partial charge in [-0.2, -0.15) is 0 Å². The van der Waals surface area contributed by atoms with E-state index in [0.29, 0.717) is 17.4 Å². The first-order valence-corrected chi connectivity index (χ1v) is 36.7. The Hall–Kier alpha value is -4.37. The molecule has 10 heteroatoms. The smallest absolute Gasteiger partial charge is 0.306 e. The first-order chi connectivity index (χ1) is 43.0. The van der Waals surface area contributed by atoms with Gasteiger partial charge in [-0.3, -0.25) is 14.2 Å². The summed E-state index contributed by atoms with van der Waals surface area (Å²) >= 11 is 0. The van der Waals surface area contributed by atoms with Crippen molar-refractivity contribution in [3.05, 3.63) is 158 Å². The van der Waals surface area contributed by atoms with Crippen molar-refractivity contribution in [1.82, 2.24) is 0 Å². The number of likely N-dealkylation sites (N-methyl/N-ethyl adjacent to an activating group) is 1. The molecule has 2 unspecified atom stereocenters. The molecular formula is C78H130NO8P. The molecule has 0 saturated carbocycles. The van der Waals surface area contributed by atoms with Gasteiger partial charge in [-0.15, -0.1) is 0 Å². The summed E-state index contributed by atoms with van der Waals surface area (Å²) in [6, 6.07) is 0. The number of hydrogen-bond acceptors (Lipinski definition) is 8. The van der Waals surface area contributed by atoms with Crippen LogP contribution < -0.4 is 4.89 Å². The molecule has 500 valence electrons. The SMILES string of the molecule is CC/C=C\C/C=C\C/C=C\C/C=C\C/C=C\C/C=C\C/C=C\C/C=C\CCCCCCCCCCC(=O)OC(COC(=O)CCCCCCCCCCCCCCCCC/C=C\C/C=C\C/C=C\C/C=C\C/C=C\CC)COP(=O)([O-])OCC[N+](C)(C)C. The van der Waals surface area contributed by atoms with Crippen LogP contribution in [0.15, 0.2) is 158 Å². The number of hydrogen-bond donors (Lipinski definition) is 0. The minimum Gasteiger partial charge on any atom is -0.756 e. The molecule has 0 saturated heterocycles. The van der Waals surface area contributed by atoms with Gasteiger partial charge in [0.25, 0.3) is 7.82 Å². The minimum atomic E-state index is -4.66. The maximum absolute atomic E-state index is 12.9. The Morgan fingerprint density at radius 2 is 0.614 bits per heavy atom. The molecule has 0 aliphatic carbocycles. The van der Waals surface area contributed by atoms with Crippen molar-refractivity contribution in [2.45, 2.75) is 277 Å². The van der Waals surface area contributed by atoms with Crippen LogP contribution in [0.3, 0.4) is 0 Å². The Kier molecular flexibility index (Phi) is 63.7. The molecule has 2 atom stereocenters. The number of esters is 2. The molecule has 0 rings (SSSR count). The average molecular weight is 1240 g/mol. The normalized spacial score (nSPS) is 14.1. The third-order valence-electron chi connectivity index (χ3n) is 14.5. The first kappa shape index (κ1) is 83.6. The first-order valence-electron chi connectivity index (χ1n) is 35.2. The minimum absolute atomic E-state index is 0.0399. The van der Waals surface area contributed by atoms with Crippen molar-refractivity contribution < 1.29 is 42.1 Å². The predicted octanol–water partition coefficient (Wildman–Crippen LogP) is 22.5. The van der Waals surface area contributed by atoms with Gasteiger partial charge in [-0.25, -0.2) is 0 Å². The summed E-state index contributed by atoms with van der Waals surface area (Å²) in [5, 5.41) is 0. The maximum atomic E-state index is 12.9. The Morgan fingerprint density at radius 1 is 0.352 bits per heavy atom. The quantitative estimate of drug-likeness (QED) is 0.0195. The zero-order valence-corrected chi connectivity index (χ0v) is 57.8. The number of carbonyl (C=O) groups excluding carboxylic acids is 2. The second kappa shape index (κ2) is 67.0. The van der Waals surface area contributed by atoms with Gasteiger partial charge in [-0.1, -0.05) is 294 Å². The number of unbranched alkanes of at least 4 members (excludes halogenated alkanes) is 23. The lowest BCUT2D eigenvalue weighted by Gasteiger charge is -2.28. The molecule has 0 spiro atoms. The molecule has 0 aliphatic heterocycles. The van der Waals surface area contributed by atoms with Gasteiger partial charge in [0, 0.05) is 12.8 Å². The Bertz CT molecular complexity index is 2040. The summed E-state index contributed by atoms with van der Waals surface area (Å²) in [4.78, 5) is 38.1. The van der Waals surface area contributed by atoms with E-state index in [2.05, 4.69) is 172 Å². The van der Waals surface area contributed by atoms with Crippen molar-refractivity contribution >= 4 is 19.8 Å². The summed E-state index contributed by atoms with van der Waals surface area (Å²) in [6.45, 7) is 4.00. The number of ether oxygens (including phenoxy) is 2. The summed E-state index contributed by atoms with van der Waals surface area (Å²) < 4.78 is 34.3. The van der Waals surface area contributed by atoms with E-state index in [4.69, 9.17) is 18.5 Å². The number of quaternary nitrogens is 1. The third kappa shape index (κ3) is 70.7. The molecule has 0 amide bonds. The van der Waals surface area contributed by atoms with Gasteiger partial charge < -0.3 is 27.9 Å². The molecule has 0 N–H and O–H groups in total. The highest BCUT2D eigenvalue weighted by atomic mass is 31.2. The Morgan fingerprint density at radius 3 is 0.909 bits per heavy atom. The van der Waals surface area contributed by atoms with E-state index in [1.165, 1.54) is 109 Å². The molecule has 0 aromatic rings. The van der Waals surface area contributed by atoms with Crippen molar-refractivity contribution in [3.8, 4) is 0 Å². The van der Waals surface area contributed by atoms with E-state index in [-0.39, 0.29) is 32.0 Å². The zero-order chi connectivity index (χ0) is 64.1. The average Bonchev–Trinajstić information content (AvgIpc) is 3.56. The van der Waals surface area contributed by atoms with Crippen LogP contribution in [0.5, 0.6) is 0 Å². The van der Waals surface area contributed by atoms with E-state index in [1.807, 2.05) is 21.1 Å². The summed E-state index contributed by atoms with van der Waals surface area (Å²) in [7, 11) is 1.14. The van der Waals surface area contributed by atoms with E-state index < -0.39 is 26.5 Å². The molecule has 0 fully saturated rings. The number of rotatable bonds is 63. The molecule has 9 nitrogen and oxygen atoms in total. The van der Waals surface area contributed by atoms with E-state index in [0.717, 1.165) is 128 Å². The highest BCUT2D eigenvalue weighted by molar-refractivity contribution is 7.45. The molecule has 0 heterocycles. The molecule has 0 aliphatic rings. The molecular weight excluding hydrogens is 1110 g/mol. The molecule has 0 radical (unpaired) electrons. The summed E-state index contributed by atoms with van der Waals surface area (Å²) in [5.74, 6) is -0.848. The van der Waals surface area contributed by atoms with Gasteiger partial charge >= 0.3 is 11.9 Å². The van der Waals surface area contributed by atoms with Crippen molar-refractivity contribution in [2.75, 3.05) is 47.5 Å². The monoisotopic (exact) mass is 1240 g/mol. The van der Waals surface area contributed by atoms with Crippen molar-refractivity contribution in [2.24, 2.45) is 0 Å². The van der Waals surface area contributed by atoms with Gasteiger partial charge in [0.15, 0.2) is 6.10 Å². The molecule has 0 aromatic carbocycles. The lowest BCUT2D eigenvalue weighted by Crippen LogP contribution is -2.37. The van der Waals surface area contributed by atoms with Gasteiger partial charge in [-0.05, 0) is 122 Å². The lowest BCUT2D eigenvalue weighted by molar-refractivity contribution is -0.870. The Labute approximate surface area is 541 Å².